The first-order chi connectivity index (χ1) is 16.1. The smallest absolute Gasteiger partial charge is 0.241 e. The molecule has 2 aliphatic heterocycles. The van der Waals surface area contributed by atoms with Crippen LogP contribution in [0.3, 0.4) is 0 Å². The number of hydrogen-bond donors (Lipinski definition) is 2. The molecule has 7 nitrogen and oxygen atoms in total. The van der Waals surface area contributed by atoms with E-state index in [-0.39, 0.29) is 23.8 Å². The third-order valence-electron chi connectivity index (χ3n) is 6.48. The minimum atomic E-state index is -0.250. The van der Waals surface area contributed by atoms with Crippen molar-refractivity contribution in [3.8, 4) is 5.75 Å². The second kappa shape index (κ2) is 10.8. The number of rotatable bonds is 8. The highest BCUT2D eigenvalue weighted by molar-refractivity contribution is 5.94. The summed E-state index contributed by atoms with van der Waals surface area (Å²) >= 11 is 0. The van der Waals surface area contributed by atoms with Crippen LogP contribution in [0.5, 0.6) is 5.75 Å². The van der Waals surface area contributed by atoms with Gasteiger partial charge in [-0.15, -0.1) is 0 Å². The maximum atomic E-state index is 13.2. The van der Waals surface area contributed by atoms with Gasteiger partial charge in [0.15, 0.2) is 5.78 Å². The molecule has 2 fully saturated rings. The second-order valence-corrected chi connectivity index (χ2v) is 8.78. The van der Waals surface area contributed by atoms with Gasteiger partial charge in [0.05, 0.1) is 12.6 Å². The first kappa shape index (κ1) is 23.3. The normalized spacial score (nSPS) is 20.7. The van der Waals surface area contributed by atoms with Crippen molar-refractivity contribution in [2.45, 2.75) is 45.2 Å². The number of carbonyl (C=O) groups excluding carboxylic acids is 2. The van der Waals surface area contributed by atoms with E-state index in [2.05, 4.69) is 28.7 Å². The fraction of sp³-hybridized carbons (Fsp3) is 0.462. The van der Waals surface area contributed by atoms with Crippen LogP contribution in [0.1, 0.15) is 55.1 Å². The third kappa shape index (κ3) is 5.54. The molecule has 7 heteroatoms. The van der Waals surface area contributed by atoms with Crippen molar-refractivity contribution < 1.29 is 14.3 Å². The highest BCUT2D eigenvalue weighted by atomic mass is 16.5. The van der Waals surface area contributed by atoms with E-state index in [0.29, 0.717) is 26.1 Å². The zero-order chi connectivity index (χ0) is 23.2. The summed E-state index contributed by atoms with van der Waals surface area (Å²) in [6, 6.07) is 15.6. The maximum Gasteiger partial charge on any atom is 0.241 e. The van der Waals surface area contributed by atoms with Crippen LogP contribution in [0, 0.1) is 0 Å². The van der Waals surface area contributed by atoms with Crippen LogP contribution >= 0.6 is 0 Å². The molecule has 0 aromatic heterocycles. The average molecular weight is 451 g/mol. The predicted octanol–water partition coefficient (Wildman–Crippen LogP) is 3.32. The van der Waals surface area contributed by atoms with Gasteiger partial charge in [-0.3, -0.25) is 9.59 Å². The zero-order valence-electron chi connectivity index (χ0n) is 19.5. The SMILES string of the molecule is CCCCOc1ccccc1C1CC(C(=O)N2CCN(c3ccc(C(C)=O)cc3)CC2)NN1. The number of para-hydroxylation sites is 1. The standard InChI is InChI=1S/C26H34N4O3/c1-3-4-17-33-25-8-6-5-7-22(25)23-18-24(28-27-23)26(32)30-15-13-29(14-16-30)21-11-9-20(10-12-21)19(2)31/h5-12,23-24,27-28H,3-4,13-18H2,1-2H3. The number of unbranched alkanes of at least 4 members (excludes halogenated alkanes) is 1. The van der Waals surface area contributed by atoms with Crippen molar-refractivity contribution >= 4 is 17.4 Å². The molecular formula is C26H34N4O3. The van der Waals surface area contributed by atoms with Crippen LogP contribution < -0.4 is 20.5 Å². The molecule has 4 rings (SSSR count). The van der Waals surface area contributed by atoms with Crippen LogP contribution in [-0.4, -0.2) is 55.4 Å². The first-order valence-corrected chi connectivity index (χ1v) is 11.9. The Labute approximate surface area is 196 Å². The minimum absolute atomic E-state index is 0.0397. The number of hydrogen-bond acceptors (Lipinski definition) is 6. The Hall–Kier alpha value is -2.90. The number of ketones is 1. The predicted molar refractivity (Wildman–Crippen MR) is 130 cm³/mol. The number of anilines is 1. The summed E-state index contributed by atoms with van der Waals surface area (Å²) in [5.41, 5.74) is 9.43. The lowest BCUT2D eigenvalue weighted by Crippen LogP contribution is -2.53. The van der Waals surface area contributed by atoms with Crippen LogP contribution in [0.25, 0.3) is 0 Å². The lowest BCUT2D eigenvalue weighted by molar-refractivity contribution is -0.133. The van der Waals surface area contributed by atoms with Crippen molar-refractivity contribution in [2.75, 3.05) is 37.7 Å². The summed E-state index contributed by atoms with van der Waals surface area (Å²) in [7, 11) is 0. The number of hydrazine groups is 1. The van der Waals surface area contributed by atoms with Gasteiger partial charge in [-0.25, -0.2) is 10.9 Å². The van der Waals surface area contributed by atoms with E-state index >= 15 is 0 Å². The number of ether oxygens (including phenoxy) is 1. The number of Topliss-reactive ketones (excluding diaryl/α,β-unsaturated/α-hetero) is 1. The molecule has 2 N–H and O–H groups in total. The van der Waals surface area contributed by atoms with Gasteiger partial charge in [0.2, 0.25) is 5.91 Å². The van der Waals surface area contributed by atoms with E-state index < -0.39 is 0 Å². The molecule has 0 saturated carbocycles. The molecule has 2 unspecified atom stereocenters. The second-order valence-electron chi connectivity index (χ2n) is 8.78. The summed E-state index contributed by atoms with van der Waals surface area (Å²) in [6.45, 7) is 7.37. The van der Waals surface area contributed by atoms with Gasteiger partial charge >= 0.3 is 0 Å². The highest BCUT2D eigenvalue weighted by Crippen LogP contribution is 2.31. The molecule has 176 valence electrons. The molecule has 0 bridgehead atoms. The summed E-state index contributed by atoms with van der Waals surface area (Å²) in [4.78, 5) is 28.9. The topological polar surface area (TPSA) is 73.9 Å². The van der Waals surface area contributed by atoms with Gasteiger partial charge in [0.25, 0.3) is 0 Å². The van der Waals surface area contributed by atoms with Crippen LogP contribution in [0.15, 0.2) is 48.5 Å². The quantitative estimate of drug-likeness (QED) is 0.475. The lowest BCUT2D eigenvalue weighted by atomic mass is 10.0. The molecule has 2 aromatic carbocycles. The summed E-state index contributed by atoms with van der Waals surface area (Å²) in [6.07, 6.45) is 2.82. The Kier molecular flexibility index (Phi) is 7.62. The molecule has 1 amide bonds. The number of carbonyl (C=O) groups is 2. The van der Waals surface area contributed by atoms with E-state index in [1.165, 1.54) is 0 Å². The molecule has 2 aliphatic rings. The van der Waals surface area contributed by atoms with Crippen molar-refractivity contribution in [3.63, 3.8) is 0 Å². The van der Waals surface area contributed by atoms with E-state index in [9.17, 15) is 9.59 Å². The van der Waals surface area contributed by atoms with Crippen molar-refractivity contribution in [3.05, 3.63) is 59.7 Å². The molecule has 2 saturated heterocycles. The monoisotopic (exact) mass is 450 g/mol. The minimum Gasteiger partial charge on any atom is -0.493 e. The summed E-state index contributed by atoms with van der Waals surface area (Å²) < 4.78 is 5.99. The lowest BCUT2D eigenvalue weighted by Gasteiger charge is -2.37. The number of amides is 1. The Morgan fingerprint density at radius 1 is 1.00 bits per heavy atom. The van der Waals surface area contributed by atoms with Crippen molar-refractivity contribution in [1.29, 1.82) is 0 Å². The third-order valence-corrected chi connectivity index (χ3v) is 6.48. The molecule has 0 spiro atoms. The van der Waals surface area contributed by atoms with E-state index in [0.717, 1.165) is 48.5 Å². The largest absolute Gasteiger partial charge is 0.493 e. The van der Waals surface area contributed by atoms with E-state index in [1.807, 2.05) is 47.4 Å². The fourth-order valence-electron chi connectivity index (χ4n) is 4.46. The van der Waals surface area contributed by atoms with E-state index in [1.54, 1.807) is 6.92 Å². The van der Waals surface area contributed by atoms with Gasteiger partial charge in [0, 0.05) is 43.0 Å². The Morgan fingerprint density at radius 2 is 1.73 bits per heavy atom. The van der Waals surface area contributed by atoms with Gasteiger partial charge in [-0.2, -0.15) is 0 Å². The molecule has 0 aliphatic carbocycles. The molecular weight excluding hydrogens is 416 g/mol. The number of benzene rings is 2. The molecule has 0 radical (unpaired) electrons. The fourth-order valence-corrected chi connectivity index (χ4v) is 4.46. The van der Waals surface area contributed by atoms with Crippen molar-refractivity contribution in [1.82, 2.24) is 15.8 Å². The van der Waals surface area contributed by atoms with Gasteiger partial charge in [0.1, 0.15) is 11.8 Å². The average Bonchev–Trinajstić information content (AvgIpc) is 3.34. The van der Waals surface area contributed by atoms with E-state index in [4.69, 9.17) is 4.74 Å². The van der Waals surface area contributed by atoms with Crippen LogP contribution in [0.2, 0.25) is 0 Å². The number of nitrogens with zero attached hydrogens (tertiary/aromatic N) is 2. The van der Waals surface area contributed by atoms with Crippen LogP contribution in [-0.2, 0) is 4.79 Å². The summed E-state index contributed by atoms with van der Waals surface area (Å²) in [5.74, 6) is 1.10. The Bertz CT molecular complexity index is 954. The summed E-state index contributed by atoms with van der Waals surface area (Å²) in [5, 5.41) is 0. The zero-order valence-corrected chi connectivity index (χ0v) is 19.5. The van der Waals surface area contributed by atoms with Gasteiger partial charge in [-0.05, 0) is 50.1 Å². The van der Waals surface area contributed by atoms with Gasteiger partial charge < -0.3 is 14.5 Å². The highest BCUT2D eigenvalue weighted by Gasteiger charge is 2.35. The first-order valence-electron chi connectivity index (χ1n) is 11.9. The molecule has 33 heavy (non-hydrogen) atoms. The number of nitrogens with one attached hydrogen (secondary N) is 2. The Morgan fingerprint density at radius 3 is 2.42 bits per heavy atom. The maximum absolute atomic E-state index is 13.2. The Balaban J connectivity index is 1.31. The number of piperazine rings is 1. The molecule has 2 heterocycles. The van der Waals surface area contributed by atoms with Crippen molar-refractivity contribution in [2.24, 2.45) is 0 Å². The van der Waals surface area contributed by atoms with Gasteiger partial charge in [-0.1, -0.05) is 31.5 Å². The molecule has 2 aromatic rings. The molecule has 2 atom stereocenters. The van der Waals surface area contributed by atoms with Crippen LogP contribution in [0.4, 0.5) is 5.69 Å².